The molecule has 1 aromatic rings. The monoisotopic (exact) mass is 216 g/mol. The van der Waals surface area contributed by atoms with Crippen LogP contribution in [0.1, 0.15) is 42.5 Å². The summed E-state index contributed by atoms with van der Waals surface area (Å²) in [6, 6.07) is 8.20. The van der Waals surface area contributed by atoms with E-state index in [1.54, 1.807) is 18.2 Å². The molecule has 2 aliphatic rings. The van der Waals surface area contributed by atoms with E-state index < -0.39 is 5.72 Å². The predicted molar refractivity (Wildman–Crippen MR) is 59.2 cm³/mol. The average molecular weight is 216 g/mol. The summed E-state index contributed by atoms with van der Waals surface area (Å²) in [7, 11) is 0. The van der Waals surface area contributed by atoms with Crippen molar-refractivity contribution in [1.29, 1.82) is 0 Å². The Morgan fingerprint density at radius 2 is 2.12 bits per heavy atom. The molecule has 1 spiro atoms. The fourth-order valence-corrected chi connectivity index (χ4v) is 2.55. The van der Waals surface area contributed by atoms with Gasteiger partial charge in [0.1, 0.15) is 5.75 Å². The molecular weight excluding hydrogens is 202 g/mol. The first-order valence-corrected chi connectivity index (χ1v) is 5.81. The zero-order valence-electron chi connectivity index (χ0n) is 9.08. The van der Waals surface area contributed by atoms with Crippen molar-refractivity contribution in [3.05, 3.63) is 29.8 Å². The van der Waals surface area contributed by atoms with Gasteiger partial charge in [0.2, 0.25) is 0 Å². The Morgan fingerprint density at radius 1 is 1.31 bits per heavy atom. The summed E-state index contributed by atoms with van der Waals surface area (Å²) in [5.41, 5.74) is 0.173. The number of rotatable bonds is 0. The minimum atomic E-state index is -0.447. The van der Waals surface area contributed by atoms with E-state index in [1.807, 2.05) is 0 Å². The van der Waals surface area contributed by atoms with E-state index in [0.717, 1.165) is 25.7 Å². The molecular formula is C13H14NO2. The molecule has 3 nitrogen and oxygen atoms in total. The normalized spacial score (nSPS) is 22.1. The molecule has 1 heterocycles. The fraction of sp³-hybridized carbons (Fsp3) is 0.462. The lowest BCUT2D eigenvalue weighted by molar-refractivity contribution is -0.00864. The number of fused-ring (bicyclic) bond motifs is 1. The molecule has 83 valence electrons. The second kappa shape index (κ2) is 3.51. The van der Waals surface area contributed by atoms with Crippen molar-refractivity contribution in [1.82, 2.24) is 5.32 Å². The smallest absolute Gasteiger partial charge is 0.258 e. The standard InChI is InChI=1S/C13H14NO2/c15-12-10-6-2-3-7-11(10)16-13(14-12)8-4-1-5-9-13/h2,6-7H,1,4-5,8-9H2,(H,14,15). The Labute approximate surface area is 94.8 Å². The molecule has 1 radical (unpaired) electrons. The Kier molecular flexibility index (Phi) is 2.13. The summed E-state index contributed by atoms with van der Waals surface area (Å²) in [5, 5.41) is 3.01. The lowest BCUT2D eigenvalue weighted by Gasteiger charge is -2.41. The molecule has 0 unspecified atom stereocenters. The number of ether oxygens (including phenoxy) is 1. The second-order valence-corrected chi connectivity index (χ2v) is 4.53. The summed E-state index contributed by atoms with van der Waals surface area (Å²) >= 11 is 0. The molecule has 1 aliphatic carbocycles. The molecule has 0 atom stereocenters. The Bertz CT molecular complexity index is 422. The van der Waals surface area contributed by atoms with Crippen LogP contribution in [0.3, 0.4) is 0 Å². The number of hydrogen-bond acceptors (Lipinski definition) is 2. The quantitative estimate of drug-likeness (QED) is 0.722. The summed E-state index contributed by atoms with van der Waals surface area (Å²) in [6.07, 6.45) is 5.28. The van der Waals surface area contributed by atoms with Gasteiger partial charge in [-0.15, -0.1) is 0 Å². The predicted octanol–water partition coefficient (Wildman–Crippen LogP) is 2.27. The van der Waals surface area contributed by atoms with Crippen molar-refractivity contribution < 1.29 is 9.53 Å². The van der Waals surface area contributed by atoms with Crippen LogP contribution in [0.4, 0.5) is 0 Å². The van der Waals surface area contributed by atoms with Crippen LogP contribution >= 0.6 is 0 Å². The summed E-state index contributed by atoms with van der Waals surface area (Å²) in [5.74, 6) is 0.658. The fourth-order valence-electron chi connectivity index (χ4n) is 2.55. The third-order valence-electron chi connectivity index (χ3n) is 3.38. The van der Waals surface area contributed by atoms with Crippen LogP contribution in [-0.4, -0.2) is 11.6 Å². The summed E-state index contributed by atoms with van der Waals surface area (Å²) in [6.45, 7) is 0. The van der Waals surface area contributed by atoms with Crippen LogP contribution < -0.4 is 10.1 Å². The van der Waals surface area contributed by atoms with Gasteiger partial charge in [-0.3, -0.25) is 4.79 Å². The minimum absolute atomic E-state index is 0.0165. The van der Waals surface area contributed by atoms with Crippen LogP contribution in [0.5, 0.6) is 5.75 Å². The van der Waals surface area contributed by atoms with Gasteiger partial charge in [0.15, 0.2) is 5.72 Å². The Hall–Kier alpha value is -1.51. The SMILES string of the molecule is O=C1NC2(CCCCC2)Oc2c[c]ccc21. The largest absolute Gasteiger partial charge is 0.467 e. The molecule has 16 heavy (non-hydrogen) atoms. The van der Waals surface area contributed by atoms with E-state index >= 15 is 0 Å². The van der Waals surface area contributed by atoms with Gasteiger partial charge in [-0.25, -0.2) is 0 Å². The molecule has 1 saturated carbocycles. The van der Waals surface area contributed by atoms with Gasteiger partial charge in [0.05, 0.1) is 5.56 Å². The minimum Gasteiger partial charge on any atom is -0.467 e. The van der Waals surface area contributed by atoms with Crippen molar-refractivity contribution in [3.63, 3.8) is 0 Å². The van der Waals surface area contributed by atoms with Crippen LogP contribution in [0, 0.1) is 6.07 Å². The molecule has 0 saturated heterocycles. The van der Waals surface area contributed by atoms with E-state index in [4.69, 9.17) is 4.74 Å². The highest BCUT2D eigenvalue weighted by Gasteiger charge is 2.40. The zero-order valence-corrected chi connectivity index (χ0v) is 9.08. The molecule has 3 heteroatoms. The van der Waals surface area contributed by atoms with Crippen LogP contribution in [0.15, 0.2) is 18.2 Å². The maximum Gasteiger partial charge on any atom is 0.258 e. The molecule has 3 rings (SSSR count). The number of hydrogen-bond donors (Lipinski definition) is 1. The molecule has 1 amide bonds. The van der Waals surface area contributed by atoms with Crippen LogP contribution in [-0.2, 0) is 0 Å². The van der Waals surface area contributed by atoms with Gasteiger partial charge < -0.3 is 10.1 Å². The van der Waals surface area contributed by atoms with Crippen molar-refractivity contribution in [2.45, 2.75) is 37.8 Å². The maximum atomic E-state index is 12.0. The van der Waals surface area contributed by atoms with Crippen LogP contribution in [0.25, 0.3) is 0 Å². The van der Waals surface area contributed by atoms with Crippen LogP contribution in [0.2, 0.25) is 0 Å². The molecule has 0 aromatic heterocycles. The molecule has 1 aromatic carbocycles. The van der Waals surface area contributed by atoms with Gasteiger partial charge in [0.25, 0.3) is 5.91 Å². The second-order valence-electron chi connectivity index (χ2n) is 4.53. The number of amides is 1. The average Bonchev–Trinajstić information content (AvgIpc) is 2.30. The molecule has 1 aliphatic heterocycles. The first kappa shape index (κ1) is 9.70. The Balaban J connectivity index is 1.96. The van der Waals surface area contributed by atoms with Crippen molar-refractivity contribution >= 4 is 5.91 Å². The first-order valence-electron chi connectivity index (χ1n) is 5.81. The molecule has 0 bridgehead atoms. The number of nitrogens with one attached hydrogen (secondary N) is 1. The number of carbonyl (C=O) groups is 1. The lowest BCUT2D eigenvalue weighted by atomic mass is 9.90. The highest BCUT2D eigenvalue weighted by molar-refractivity contribution is 5.98. The Morgan fingerprint density at radius 3 is 2.94 bits per heavy atom. The van der Waals surface area contributed by atoms with E-state index in [-0.39, 0.29) is 5.91 Å². The number of benzene rings is 1. The van der Waals surface area contributed by atoms with E-state index in [9.17, 15) is 4.79 Å². The summed E-state index contributed by atoms with van der Waals surface area (Å²) in [4.78, 5) is 12.0. The topological polar surface area (TPSA) is 38.3 Å². The maximum absolute atomic E-state index is 12.0. The third-order valence-corrected chi connectivity index (χ3v) is 3.38. The van der Waals surface area contributed by atoms with Gasteiger partial charge >= 0.3 is 0 Å². The number of carbonyl (C=O) groups excluding carboxylic acids is 1. The van der Waals surface area contributed by atoms with Gasteiger partial charge in [0, 0.05) is 12.8 Å². The van der Waals surface area contributed by atoms with Gasteiger partial charge in [-0.05, 0) is 31.0 Å². The summed E-state index contributed by atoms with van der Waals surface area (Å²) < 4.78 is 5.97. The van der Waals surface area contributed by atoms with Crippen molar-refractivity contribution in [2.24, 2.45) is 0 Å². The van der Waals surface area contributed by atoms with Crippen molar-refractivity contribution in [2.75, 3.05) is 0 Å². The first-order chi connectivity index (χ1) is 7.79. The van der Waals surface area contributed by atoms with Crippen molar-refractivity contribution in [3.8, 4) is 5.75 Å². The highest BCUT2D eigenvalue weighted by Crippen LogP contribution is 2.35. The third kappa shape index (κ3) is 1.47. The zero-order chi connectivity index (χ0) is 11.0. The highest BCUT2D eigenvalue weighted by atomic mass is 16.5. The van der Waals surface area contributed by atoms with Gasteiger partial charge in [-0.1, -0.05) is 12.5 Å². The molecule has 1 fully saturated rings. The van der Waals surface area contributed by atoms with E-state index in [2.05, 4.69) is 11.4 Å². The van der Waals surface area contributed by atoms with Gasteiger partial charge in [-0.2, -0.15) is 0 Å². The van der Waals surface area contributed by atoms with E-state index in [0.29, 0.717) is 11.3 Å². The molecule has 1 N–H and O–H groups in total. The van der Waals surface area contributed by atoms with E-state index in [1.165, 1.54) is 6.42 Å². The lowest BCUT2D eigenvalue weighted by Crippen LogP contribution is -2.56.